The molecule has 0 spiro atoms. The number of para-hydroxylation sites is 1. The highest BCUT2D eigenvalue weighted by atomic mass is 79.9. The summed E-state index contributed by atoms with van der Waals surface area (Å²) >= 11 is 23.3. The van der Waals surface area contributed by atoms with Crippen molar-refractivity contribution in [1.82, 2.24) is 8.97 Å². The SMILES string of the molecule is O=c1c2ccccc2n2c(=S)sc(-c3ccc(Cl)cc3Cl)c2n1Cc1ccc(Br)cc1. The van der Waals surface area contributed by atoms with E-state index in [0.29, 0.717) is 25.9 Å². The van der Waals surface area contributed by atoms with Crippen LogP contribution < -0.4 is 5.56 Å². The number of halogens is 3. The highest BCUT2D eigenvalue weighted by molar-refractivity contribution is 9.10. The van der Waals surface area contributed by atoms with Crippen molar-refractivity contribution in [2.75, 3.05) is 0 Å². The number of nitrogens with zero attached hydrogens (tertiary/aromatic N) is 2. The maximum atomic E-state index is 13.6. The van der Waals surface area contributed by atoms with Crippen LogP contribution in [0.3, 0.4) is 0 Å². The number of aromatic nitrogens is 2. The van der Waals surface area contributed by atoms with E-state index in [0.717, 1.165) is 31.6 Å². The molecule has 8 heteroatoms. The fourth-order valence-electron chi connectivity index (χ4n) is 3.68. The molecule has 5 aromatic rings. The Kier molecular flexibility index (Phi) is 5.52. The summed E-state index contributed by atoms with van der Waals surface area (Å²) in [5.74, 6) is 0. The molecule has 31 heavy (non-hydrogen) atoms. The monoisotopic (exact) mass is 546 g/mol. The van der Waals surface area contributed by atoms with Gasteiger partial charge in [-0.2, -0.15) is 0 Å². The van der Waals surface area contributed by atoms with Gasteiger partial charge in [0, 0.05) is 15.1 Å². The van der Waals surface area contributed by atoms with Crippen LogP contribution in [0, 0.1) is 3.95 Å². The van der Waals surface area contributed by atoms with Crippen LogP contribution in [0.25, 0.3) is 27.0 Å². The van der Waals surface area contributed by atoms with Crippen molar-refractivity contribution in [3.8, 4) is 10.4 Å². The van der Waals surface area contributed by atoms with Gasteiger partial charge in [-0.15, -0.1) is 11.3 Å². The summed E-state index contributed by atoms with van der Waals surface area (Å²) in [4.78, 5) is 14.4. The Morgan fingerprint density at radius 3 is 2.48 bits per heavy atom. The zero-order valence-corrected chi connectivity index (χ0v) is 20.5. The molecule has 0 aliphatic heterocycles. The summed E-state index contributed by atoms with van der Waals surface area (Å²) in [5, 5.41) is 1.69. The molecule has 0 aliphatic rings. The van der Waals surface area contributed by atoms with Gasteiger partial charge in [0.1, 0.15) is 5.65 Å². The van der Waals surface area contributed by atoms with E-state index in [1.54, 1.807) is 16.7 Å². The van der Waals surface area contributed by atoms with Crippen molar-refractivity contribution < 1.29 is 0 Å². The van der Waals surface area contributed by atoms with E-state index in [-0.39, 0.29) is 5.56 Å². The number of benzene rings is 3. The van der Waals surface area contributed by atoms with Gasteiger partial charge >= 0.3 is 0 Å². The molecule has 2 aromatic heterocycles. The van der Waals surface area contributed by atoms with Gasteiger partial charge in [-0.1, -0.05) is 69.5 Å². The Bertz CT molecular complexity index is 1590. The summed E-state index contributed by atoms with van der Waals surface area (Å²) in [7, 11) is 0. The van der Waals surface area contributed by atoms with E-state index in [2.05, 4.69) is 15.9 Å². The quantitative estimate of drug-likeness (QED) is 0.215. The molecule has 0 unspecified atom stereocenters. The molecule has 3 nitrogen and oxygen atoms in total. The molecule has 0 fully saturated rings. The topological polar surface area (TPSA) is 26.4 Å². The van der Waals surface area contributed by atoms with Crippen molar-refractivity contribution in [1.29, 1.82) is 0 Å². The van der Waals surface area contributed by atoms with Gasteiger partial charge in [-0.3, -0.25) is 13.8 Å². The first kappa shape index (κ1) is 20.9. The van der Waals surface area contributed by atoms with Crippen LogP contribution in [0.5, 0.6) is 0 Å². The zero-order chi connectivity index (χ0) is 21.7. The minimum Gasteiger partial charge on any atom is -0.288 e. The average molecular weight is 548 g/mol. The van der Waals surface area contributed by atoms with Crippen molar-refractivity contribution in [2.24, 2.45) is 0 Å². The standard InChI is InChI=1S/C23H13BrCl2N2OS2/c24-14-7-5-13(6-8-14)12-27-21-20(16-10-9-15(25)11-18(16)26)31-23(30)28(21)19-4-2-1-3-17(19)22(27)29/h1-11H,12H2. The molecule has 0 radical (unpaired) electrons. The number of fused-ring (bicyclic) bond motifs is 3. The van der Waals surface area contributed by atoms with Crippen LogP contribution in [0.4, 0.5) is 0 Å². The van der Waals surface area contributed by atoms with Crippen LogP contribution >= 0.6 is 62.7 Å². The molecule has 0 saturated carbocycles. The van der Waals surface area contributed by atoms with E-state index in [1.807, 2.05) is 59.0 Å². The van der Waals surface area contributed by atoms with E-state index in [4.69, 9.17) is 35.4 Å². The lowest BCUT2D eigenvalue weighted by Gasteiger charge is -2.14. The first-order chi connectivity index (χ1) is 14.9. The molecule has 0 bridgehead atoms. The maximum absolute atomic E-state index is 13.6. The van der Waals surface area contributed by atoms with Crippen molar-refractivity contribution in [3.05, 3.63) is 101 Å². The summed E-state index contributed by atoms with van der Waals surface area (Å²) in [6.07, 6.45) is 0. The second-order valence-corrected chi connectivity index (χ2v) is 10.4. The largest absolute Gasteiger partial charge is 0.288 e. The predicted molar refractivity (Wildman–Crippen MR) is 137 cm³/mol. The van der Waals surface area contributed by atoms with Crippen LogP contribution in [0.2, 0.25) is 10.0 Å². The fourth-order valence-corrected chi connectivity index (χ4v) is 5.97. The Balaban J connectivity index is 1.91. The predicted octanol–water partition coefficient (Wildman–Crippen LogP) is 7.83. The minimum absolute atomic E-state index is 0.0716. The lowest BCUT2D eigenvalue weighted by molar-refractivity contribution is 0.780. The van der Waals surface area contributed by atoms with Crippen LogP contribution in [0.15, 0.2) is 76.0 Å². The van der Waals surface area contributed by atoms with E-state index < -0.39 is 0 Å². The van der Waals surface area contributed by atoms with Gasteiger partial charge in [0.05, 0.1) is 27.3 Å². The summed E-state index contributed by atoms with van der Waals surface area (Å²) in [6.45, 7) is 0.407. The highest BCUT2D eigenvalue weighted by Gasteiger charge is 2.20. The van der Waals surface area contributed by atoms with E-state index in [1.165, 1.54) is 11.3 Å². The Labute approximate surface area is 205 Å². The van der Waals surface area contributed by atoms with Crippen molar-refractivity contribution >= 4 is 79.2 Å². The fraction of sp³-hybridized carbons (Fsp3) is 0.0435. The van der Waals surface area contributed by atoms with Crippen molar-refractivity contribution in [3.63, 3.8) is 0 Å². The first-order valence-electron chi connectivity index (χ1n) is 9.31. The number of rotatable bonds is 3. The third kappa shape index (κ3) is 3.66. The van der Waals surface area contributed by atoms with E-state index >= 15 is 0 Å². The van der Waals surface area contributed by atoms with Crippen molar-refractivity contribution in [2.45, 2.75) is 6.54 Å². The third-order valence-electron chi connectivity index (χ3n) is 5.09. The highest BCUT2D eigenvalue weighted by Crippen LogP contribution is 2.38. The molecular weight excluding hydrogens is 535 g/mol. The molecule has 0 saturated heterocycles. The summed E-state index contributed by atoms with van der Waals surface area (Å²) in [6, 6.07) is 20.8. The summed E-state index contributed by atoms with van der Waals surface area (Å²) < 4.78 is 5.38. The molecule has 154 valence electrons. The van der Waals surface area contributed by atoms with Gasteiger partial charge in [0.25, 0.3) is 5.56 Å². The molecule has 5 rings (SSSR count). The third-order valence-corrected chi connectivity index (χ3v) is 7.57. The normalized spacial score (nSPS) is 11.5. The maximum Gasteiger partial charge on any atom is 0.261 e. The van der Waals surface area contributed by atoms with Crippen LogP contribution in [0.1, 0.15) is 5.56 Å². The minimum atomic E-state index is -0.0716. The summed E-state index contributed by atoms with van der Waals surface area (Å²) in [5.41, 5.74) is 3.24. The van der Waals surface area contributed by atoms with Gasteiger partial charge in [-0.25, -0.2) is 0 Å². The lowest BCUT2D eigenvalue weighted by atomic mass is 10.1. The molecule has 0 amide bonds. The second-order valence-electron chi connectivity index (χ2n) is 7.02. The van der Waals surface area contributed by atoms with Gasteiger partial charge < -0.3 is 0 Å². The van der Waals surface area contributed by atoms with Gasteiger partial charge in [-0.05, 0) is 54.2 Å². The smallest absolute Gasteiger partial charge is 0.261 e. The lowest BCUT2D eigenvalue weighted by Crippen LogP contribution is -2.23. The molecular formula is C23H13BrCl2N2OS2. The van der Waals surface area contributed by atoms with Crippen LogP contribution in [-0.2, 0) is 6.54 Å². The Hall–Kier alpha value is -1.96. The number of thiazole rings is 1. The zero-order valence-electron chi connectivity index (χ0n) is 15.8. The molecule has 3 aromatic carbocycles. The van der Waals surface area contributed by atoms with Crippen LogP contribution in [-0.4, -0.2) is 8.97 Å². The van der Waals surface area contributed by atoms with Gasteiger partial charge in [0.15, 0.2) is 3.95 Å². The van der Waals surface area contributed by atoms with Gasteiger partial charge in [0.2, 0.25) is 0 Å². The Morgan fingerprint density at radius 2 is 1.74 bits per heavy atom. The second kappa shape index (κ2) is 8.19. The molecule has 2 heterocycles. The number of hydrogen-bond acceptors (Lipinski definition) is 3. The number of hydrogen-bond donors (Lipinski definition) is 0. The first-order valence-corrected chi connectivity index (χ1v) is 12.1. The molecule has 0 atom stereocenters. The molecule has 0 N–H and O–H groups in total. The Morgan fingerprint density at radius 1 is 1.00 bits per heavy atom. The average Bonchev–Trinajstić information content (AvgIpc) is 3.09. The molecule has 0 aliphatic carbocycles. The van der Waals surface area contributed by atoms with E-state index in [9.17, 15) is 4.79 Å².